The van der Waals surface area contributed by atoms with Crippen molar-refractivity contribution in [1.82, 2.24) is 14.8 Å². The number of aryl methyl sites for hydroxylation is 1. The van der Waals surface area contributed by atoms with Crippen LogP contribution in [0.15, 0.2) is 30.3 Å². The first-order chi connectivity index (χ1) is 8.11. The molecule has 1 aromatic heterocycles. The maximum Gasteiger partial charge on any atom is 0.154 e. The van der Waals surface area contributed by atoms with Crippen LogP contribution in [0.1, 0.15) is 43.1 Å². The molecule has 0 spiro atoms. The zero-order valence-electron chi connectivity index (χ0n) is 10.5. The van der Waals surface area contributed by atoms with Crippen LogP contribution in [0.4, 0.5) is 0 Å². The van der Waals surface area contributed by atoms with Crippen LogP contribution in [0.2, 0.25) is 0 Å². The summed E-state index contributed by atoms with van der Waals surface area (Å²) >= 11 is 0. The van der Waals surface area contributed by atoms with E-state index in [-0.39, 0.29) is 6.04 Å². The second kappa shape index (κ2) is 4.67. The Bertz CT molecular complexity index is 487. The van der Waals surface area contributed by atoms with Crippen molar-refractivity contribution in [2.75, 3.05) is 0 Å². The summed E-state index contributed by atoms with van der Waals surface area (Å²) in [4.78, 5) is 0. The summed E-state index contributed by atoms with van der Waals surface area (Å²) in [5.74, 6) is 1.73. The van der Waals surface area contributed by atoms with Crippen molar-refractivity contribution in [3.8, 4) is 0 Å². The van der Waals surface area contributed by atoms with E-state index >= 15 is 0 Å². The van der Waals surface area contributed by atoms with E-state index < -0.39 is 0 Å². The summed E-state index contributed by atoms with van der Waals surface area (Å²) < 4.78 is 2.08. The summed E-state index contributed by atoms with van der Waals surface area (Å²) in [5.41, 5.74) is 7.30. The maximum absolute atomic E-state index is 6.24. The molecule has 90 valence electrons. The molecule has 2 aromatic rings. The first-order valence-electron chi connectivity index (χ1n) is 5.83. The molecule has 4 heteroatoms. The first kappa shape index (κ1) is 11.8. The average molecular weight is 230 g/mol. The van der Waals surface area contributed by atoms with Gasteiger partial charge in [0.05, 0.1) is 6.04 Å². The Hall–Kier alpha value is -1.68. The molecule has 0 aliphatic carbocycles. The van der Waals surface area contributed by atoms with Crippen molar-refractivity contribution in [3.63, 3.8) is 0 Å². The highest BCUT2D eigenvalue weighted by Gasteiger charge is 2.19. The van der Waals surface area contributed by atoms with Crippen LogP contribution in [0.3, 0.4) is 0 Å². The van der Waals surface area contributed by atoms with Crippen molar-refractivity contribution < 1.29 is 0 Å². The Morgan fingerprint density at radius 1 is 1.12 bits per heavy atom. The number of hydrogen-bond donors (Lipinski definition) is 1. The minimum Gasteiger partial charge on any atom is -0.318 e. The largest absolute Gasteiger partial charge is 0.318 e. The topological polar surface area (TPSA) is 56.7 Å². The number of nitrogens with two attached hydrogens (primary N) is 1. The summed E-state index contributed by atoms with van der Waals surface area (Å²) in [6.45, 7) is 6.17. The molecule has 2 rings (SSSR count). The molecule has 1 aromatic carbocycles. The van der Waals surface area contributed by atoms with Crippen molar-refractivity contribution in [2.24, 2.45) is 5.73 Å². The third-order valence-corrected chi connectivity index (χ3v) is 2.85. The van der Waals surface area contributed by atoms with Gasteiger partial charge < -0.3 is 10.3 Å². The highest BCUT2D eigenvalue weighted by molar-refractivity contribution is 5.24. The molecule has 1 heterocycles. The fraction of sp³-hybridized carbons (Fsp3) is 0.385. The molecule has 4 nitrogen and oxygen atoms in total. The lowest BCUT2D eigenvalue weighted by Gasteiger charge is -2.17. The number of rotatable bonds is 3. The first-order valence-corrected chi connectivity index (χ1v) is 5.83. The van der Waals surface area contributed by atoms with E-state index in [1.54, 1.807) is 0 Å². The monoisotopic (exact) mass is 230 g/mol. The molecule has 0 saturated heterocycles. The lowest BCUT2D eigenvalue weighted by Crippen LogP contribution is -2.19. The van der Waals surface area contributed by atoms with Crippen LogP contribution in [-0.2, 0) is 0 Å². The van der Waals surface area contributed by atoms with Crippen molar-refractivity contribution >= 4 is 0 Å². The second-order valence-corrected chi connectivity index (χ2v) is 4.46. The van der Waals surface area contributed by atoms with Gasteiger partial charge in [0, 0.05) is 6.04 Å². The third kappa shape index (κ3) is 2.22. The van der Waals surface area contributed by atoms with E-state index in [4.69, 9.17) is 5.73 Å². The van der Waals surface area contributed by atoms with Gasteiger partial charge in [-0.15, -0.1) is 10.2 Å². The van der Waals surface area contributed by atoms with Crippen LogP contribution in [0.5, 0.6) is 0 Å². The van der Waals surface area contributed by atoms with Gasteiger partial charge in [0.25, 0.3) is 0 Å². The molecule has 17 heavy (non-hydrogen) atoms. The molecule has 0 radical (unpaired) electrons. The molecular formula is C13H18N4. The van der Waals surface area contributed by atoms with Crippen molar-refractivity contribution in [1.29, 1.82) is 0 Å². The van der Waals surface area contributed by atoms with E-state index in [2.05, 4.69) is 28.6 Å². The summed E-state index contributed by atoms with van der Waals surface area (Å²) in [5, 5.41) is 8.32. The van der Waals surface area contributed by atoms with E-state index in [1.165, 1.54) is 0 Å². The second-order valence-electron chi connectivity index (χ2n) is 4.46. The zero-order valence-corrected chi connectivity index (χ0v) is 10.5. The molecule has 1 atom stereocenters. The van der Waals surface area contributed by atoms with Gasteiger partial charge in [-0.05, 0) is 26.3 Å². The normalized spacial score (nSPS) is 13.0. The van der Waals surface area contributed by atoms with Crippen LogP contribution < -0.4 is 5.73 Å². The Labute approximate surface area is 101 Å². The molecule has 2 N–H and O–H groups in total. The molecule has 0 amide bonds. The molecule has 0 saturated carbocycles. The van der Waals surface area contributed by atoms with Crippen LogP contribution in [0, 0.1) is 6.92 Å². The van der Waals surface area contributed by atoms with Crippen LogP contribution >= 0.6 is 0 Å². The molecule has 0 unspecified atom stereocenters. The van der Waals surface area contributed by atoms with Gasteiger partial charge in [0.2, 0.25) is 0 Å². The van der Waals surface area contributed by atoms with Gasteiger partial charge in [0.15, 0.2) is 5.82 Å². The van der Waals surface area contributed by atoms with Gasteiger partial charge >= 0.3 is 0 Å². The molecule has 0 bridgehead atoms. The predicted octanol–water partition coefficient (Wildman–Crippen LogP) is 2.22. The zero-order chi connectivity index (χ0) is 12.4. The summed E-state index contributed by atoms with van der Waals surface area (Å²) in [7, 11) is 0. The van der Waals surface area contributed by atoms with Crippen molar-refractivity contribution in [2.45, 2.75) is 32.9 Å². The Morgan fingerprint density at radius 3 is 2.35 bits per heavy atom. The SMILES string of the molecule is Cc1nnc([C@@H](N)c2ccccc2)n1C(C)C. The Morgan fingerprint density at radius 2 is 1.76 bits per heavy atom. The van der Waals surface area contributed by atoms with Crippen LogP contribution in [-0.4, -0.2) is 14.8 Å². The fourth-order valence-electron chi connectivity index (χ4n) is 2.05. The quantitative estimate of drug-likeness (QED) is 0.879. The third-order valence-electron chi connectivity index (χ3n) is 2.85. The maximum atomic E-state index is 6.24. The van der Waals surface area contributed by atoms with Gasteiger partial charge in [-0.25, -0.2) is 0 Å². The van der Waals surface area contributed by atoms with E-state index in [0.717, 1.165) is 17.2 Å². The minimum absolute atomic E-state index is 0.222. The summed E-state index contributed by atoms with van der Waals surface area (Å²) in [6.07, 6.45) is 0. The van der Waals surface area contributed by atoms with Crippen molar-refractivity contribution in [3.05, 3.63) is 47.5 Å². The van der Waals surface area contributed by atoms with Gasteiger partial charge in [-0.1, -0.05) is 30.3 Å². The molecule has 0 aliphatic heterocycles. The molecule has 0 aliphatic rings. The fourth-order valence-corrected chi connectivity index (χ4v) is 2.05. The average Bonchev–Trinajstić information content (AvgIpc) is 2.71. The standard InChI is InChI=1S/C13H18N4/c1-9(2)17-10(3)15-16-13(17)12(14)11-7-5-4-6-8-11/h4-9,12H,14H2,1-3H3/t12-/m0/s1. The predicted molar refractivity (Wildman–Crippen MR) is 67.6 cm³/mol. The number of nitrogens with zero attached hydrogens (tertiary/aromatic N) is 3. The van der Waals surface area contributed by atoms with Crippen LogP contribution in [0.25, 0.3) is 0 Å². The smallest absolute Gasteiger partial charge is 0.154 e. The van der Waals surface area contributed by atoms with E-state index in [0.29, 0.717) is 6.04 Å². The lowest BCUT2D eigenvalue weighted by molar-refractivity contribution is 0.540. The highest BCUT2D eigenvalue weighted by Crippen LogP contribution is 2.21. The Balaban J connectivity index is 2.41. The minimum atomic E-state index is -0.222. The summed E-state index contributed by atoms with van der Waals surface area (Å²) in [6, 6.07) is 10.1. The number of hydrogen-bond acceptors (Lipinski definition) is 3. The lowest BCUT2D eigenvalue weighted by atomic mass is 10.1. The van der Waals surface area contributed by atoms with Gasteiger partial charge in [-0.3, -0.25) is 0 Å². The van der Waals surface area contributed by atoms with E-state index in [1.807, 2.05) is 37.3 Å². The molecule has 0 fully saturated rings. The highest BCUT2D eigenvalue weighted by atomic mass is 15.3. The molecular weight excluding hydrogens is 212 g/mol. The number of aromatic nitrogens is 3. The van der Waals surface area contributed by atoms with Gasteiger partial charge in [0.1, 0.15) is 5.82 Å². The Kier molecular flexibility index (Phi) is 3.24. The van der Waals surface area contributed by atoms with E-state index in [9.17, 15) is 0 Å². The number of benzene rings is 1. The van der Waals surface area contributed by atoms with Gasteiger partial charge in [-0.2, -0.15) is 0 Å².